The molecule has 0 bridgehead atoms. The molecule has 2 N–H and O–H groups in total. The number of nitrogen functional groups attached to an aromatic ring is 1. The topological polar surface area (TPSA) is 47.7 Å². The number of ether oxygens (including phenoxy) is 2. The van der Waals surface area contributed by atoms with Crippen molar-refractivity contribution >= 4 is 5.69 Å². The first-order chi connectivity index (χ1) is 9.22. The van der Waals surface area contributed by atoms with Crippen LogP contribution < -0.4 is 10.5 Å². The van der Waals surface area contributed by atoms with Crippen LogP contribution in [0.3, 0.4) is 0 Å². The molecule has 1 aromatic carbocycles. The molecule has 0 radical (unpaired) electrons. The van der Waals surface area contributed by atoms with E-state index in [1.165, 1.54) is 12.8 Å². The molecular weight excluding hydrogens is 240 g/mol. The maximum absolute atomic E-state index is 5.86. The van der Waals surface area contributed by atoms with Crippen molar-refractivity contribution in [1.29, 1.82) is 0 Å². The monoisotopic (exact) mass is 264 g/mol. The summed E-state index contributed by atoms with van der Waals surface area (Å²) >= 11 is 0. The second kappa shape index (κ2) is 6.78. The fourth-order valence-corrected chi connectivity index (χ4v) is 2.54. The predicted octanol–water partition coefficient (Wildman–Crippen LogP) is 2.28. The number of hydrogen-bond acceptors (Lipinski definition) is 4. The number of nitrogens with two attached hydrogens (primary N) is 1. The van der Waals surface area contributed by atoms with E-state index in [1.54, 1.807) is 7.11 Å². The van der Waals surface area contributed by atoms with Gasteiger partial charge in [0, 0.05) is 30.9 Å². The highest BCUT2D eigenvalue weighted by Gasteiger charge is 2.19. The van der Waals surface area contributed by atoms with E-state index in [9.17, 15) is 0 Å². The molecule has 4 nitrogen and oxygen atoms in total. The molecule has 1 aromatic rings. The van der Waals surface area contributed by atoms with Crippen LogP contribution >= 0.6 is 0 Å². The summed E-state index contributed by atoms with van der Waals surface area (Å²) in [7, 11) is 1.70. The second-order valence-electron chi connectivity index (χ2n) is 5.03. The normalized spacial score (nSPS) is 19.0. The van der Waals surface area contributed by atoms with Gasteiger partial charge in [0.2, 0.25) is 0 Å². The van der Waals surface area contributed by atoms with Crippen LogP contribution in [0.5, 0.6) is 5.75 Å². The van der Waals surface area contributed by atoms with E-state index in [0.29, 0.717) is 6.10 Å². The summed E-state index contributed by atoms with van der Waals surface area (Å²) in [5, 5.41) is 0. The van der Waals surface area contributed by atoms with Gasteiger partial charge in [0.25, 0.3) is 0 Å². The van der Waals surface area contributed by atoms with Crippen LogP contribution in [0.2, 0.25) is 0 Å². The third-order valence-corrected chi connectivity index (χ3v) is 3.63. The van der Waals surface area contributed by atoms with Crippen molar-refractivity contribution in [2.24, 2.45) is 0 Å². The SMILES string of the molecule is CCN(Cc1cc(N)ccc1OC)CC1CCCO1. The Kier molecular flexibility index (Phi) is 5.05. The molecular formula is C15H24N2O2. The summed E-state index contributed by atoms with van der Waals surface area (Å²) in [4.78, 5) is 2.38. The molecule has 1 unspecified atom stereocenters. The van der Waals surface area contributed by atoms with Gasteiger partial charge in [-0.05, 0) is 37.6 Å². The number of rotatable bonds is 6. The van der Waals surface area contributed by atoms with Gasteiger partial charge in [-0.3, -0.25) is 4.90 Å². The summed E-state index contributed by atoms with van der Waals surface area (Å²) < 4.78 is 11.1. The molecule has 0 saturated carbocycles. The summed E-state index contributed by atoms with van der Waals surface area (Å²) in [6.45, 7) is 5.91. The van der Waals surface area contributed by atoms with Crippen LogP contribution in [-0.2, 0) is 11.3 Å². The van der Waals surface area contributed by atoms with Crippen LogP contribution in [0.25, 0.3) is 0 Å². The number of anilines is 1. The van der Waals surface area contributed by atoms with E-state index in [1.807, 2.05) is 18.2 Å². The predicted molar refractivity (Wildman–Crippen MR) is 77.3 cm³/mol. The van der Waals surface area contributed by atoms with Gasteiger partial charge in [-0.1, -0.05) is 6.92 Å². The van der Waals surface area contributed by atoms with E-state index in [2.05, 4.69) is 11.8 Å². The Hall–Kier alpha value is -1.26. The Morgan fingerprint density at radius 3 is 2.95 bits per heavy atom. The summed E-state index contributed by atoms with van der Waals surface area (Å²) in [6.07, 6.45) is 2.74. The maximum atomic E-state index is 5.86. The largest absolute Gasteiger partial charge is 0.496 e. The van der Waals surface area contributed by atoms with Crippen LogP contribution in [0.4, 0.5) is 5.69 Å². The van der Waals surface area contributed by atoms with Gasteiger partial charge in [-0.25, -0.2) is 0 Å². The van der Waals surface area contributed by atoms with Crippen molar-refractivity contribution in [2.45, 2.75) is 32.4 Å². The Morgan fingerprint density at radius 2 is 2.32 bits per heavy atom. The molecule has 106 valence electrons. The Labute approximate surface area is 115 Å². The average molecular weight is 264 g/mol. The first-order valence-corrected chi connectivity index (χ1v) is 6.99. The number of benzene rings is 1. The van der Waals surface area contributed by atoms with Gasteiger partial charge in [0.15, 0.2) is 0 Å². The standard InChI is InChI=1S/C15H24N2O2/c1-3-17(11-14-5-4-8-19-14)10-12-9-13(16)6-7-15(12)18-2/h6-7,9,14H,3-5,8,10-11,16H2,1-2H3. The first-order valence-electron chi connectivity index (χ1n) is 6.99. The van der Waals surface area contributed by atoms with Crippen LogP contribution in [0.15, 0.2) is 18.2 Å². The number of hydrogen-bond donors (Lipinski definition) is 1. The van der Waals surface area contributed by atoms with Gasteiger partial charge in [-0.2, -0.15) is 0 Å². The molecule has 1 aliphatic heterocycles. The molecule has 19 heavy (non-hydrogen) atoms. The van der Waals surface area contributed by atoms with E-state index in [4.69, 9.17) is 15.2 Å². The van der Waals surface area contributed by atoms with Crippen LogP contribution in [-0.4, -0.2) is 37.8 Å². The Morgan fingerprint density at radius 1 is 1.47 bits per heavy atom. The second-order valence-corrected chi connectivity index (χ2v) is 5.03. The average Bonchev–Trinajstić information content (AvgIpc) is 2.91. The van der Waals surface area contributed by atoms with Crippen molar-refractivity contribution in [3.63, 3.8) is 0 Å². The third kappa shape index (κ3) is 3.85. The lowest BCUT2D eigenvalue weighted by Gasteiger charge is -2.24. The number of nitrogens with zero attached hydrogens (tertiary/aromatic N) is 1. The highest BCUT2D eigenvalue weighted by Crippen LogP contribution is 2.23. The van der Waals surface area contributed by atoms with Crippen molar-refractivity contribution in [1.82, 2.24) is 4.90 Å². The molecule has 1 saturated heterocycles. The molecule has 0 spiro atoms. The van der Waals surface area contributed by atoms with Crippen molar-refractivity contribution < 1.29 is 9.47 Å². The summed E-state index contributed by atoms with van der Waals surface area (Å²) in [5.41, 5.74) is 7.79. The lowest BCUT2D eigenvalue weighted by atomic mass is 10.1. The van der Waals surface area contributed by atoms with Gasteiger partial charge >= 0.3 is 0 Å². The Balaban J connectivity index is 2.02. The fourth-order valence-electron chi connectivity index (χ4n) is 2.54. The van der Waals surface area contributed by atoms with Crippen molar-refractivity contribution in [2.75, 3.05) is 32.5 Å². The zero-order valence-corrected chi connectivity index (χ0v) is 11.9. The molecule has 1 atom stereocenters. The smallest absolute Gasteiger partial charge is 0.123 e. The minimum atomic E-state index is 0.381. The lowest BCUT2D eigenvalue weighted by molar-refractivity contribution is 0.0722. The Bertz CT molecular complexity index is 403. The summed E-state index contributed by atoms with van der Waals surface area (Å²) in [6, 6.07) is 5.81. The number of likely N-dealkylation sites (N-methyl/N-ethyl adjacent to an activating group) is 1. The third-order valence-electron chi connectivity index (χ3n) is 3.63. The summed E-state index contributed by atoms with van der Waals surface area (Å²) in [5.74, 6) is 0.903. The fraction of sp³-hybridized carbons (Fsp3) is 0.600. The zero-order chi connectivity index (χ0) is 13.7. The molecule has 2 rings (SSSR count). The molecule has 0 aliphatic carbocycles. The molecule has 1 heterocycles. The quantitative estimate of drug-likeness (QED) is 0.801. The zero-order valence-electron chi connectivity index (χ0n) is 11.9. The molecule has 1 aliphatic rings. The van der Waals surface area contributed by atoms with Gasteiger partial charge in [0.1, 0.15) is 5.75 Å². The van der Waals surface area contributed by atoms with E-state index >= 15 is 0 Å². The minimum absolute atomic E-state index is 0.381. The highest BCUT2D eigenvalue weighted by molar-refractivity contribution is 5.47. The van der Waals surface area contributed by atoms with Crippen molar-refractivity contribution in [3.05, 3.63) is 23.8 Å². The van der Waals surface area contributed by atoms with E-state index in [0.717, 1.165) is 43.2 Å². The number of methoxy groups -OCH3 is 1. The van der Waals surface area contributed by atoms with Gasteiger partial charge < -0.3 is 15.2 Å². The molecule has 1 fully saturated rings. The first kappa shape index (κ1) is 14.2. The van der Waals surface area contributed by atoms with E-state index < -0.39 is 0 Å². The van der Waals surface area contributed by atoms with Gasteiger partial charge in [0.05, 0.1) is 13.2 Å². The van der Waals surface area contributed by atoms with Gasteiger partial charge in [-0.15, -0.1) is 0 Å². The highest BCUT2D eigenvalue weighted by atomic mass is 16.5. The molecule has 0 aromatic heterocycles. The van der Waals surface area contributed by atoms with Crippen molar-refractivity contribution in [3.8, 4) is 5.75 Å². The molecule has 4 heteroatoms. The lowest BCUT2D eigenvalue weighted by Crippen LogP contribution is -2.31. The molecule has 0 amide bonds. The van der Waals surface area contributed by atoms with Crippen LogP contribution in [0.1, 0.15) is 25.3 Å². The maximum Gasteiger partial charge on any atom is 0.123 e. The minimum Gasteiger partial charge on any atom is -0.496 e. The van der Waals surface area contributed by atoms with Crippen LogP contribution in [0, 0.1) is 0 Å². The van der Waals surface area contributed by atoms with E-state index in [-0.39, 0.29) is 0 Å².